The second-order valence-corrected chi connectivity index (χ2v) is 10.5. The van der Waals surface area contributed by atoms with Gasteiger partial charge in [-0.05, 0) is 49.2 Å². The Hall–Kier alpha value is -1.97. The van der Waals surface area contributed by atoms with E-state index < -0.39 is 6.04 Å². The highest BCUT2D eigenvalue weighted by molar-refractivity contribution is 7.99. The van der Waals surface area contributed by atoms with Crippen LogP contribution in [0, 0.1) is 5.92 Å². The number of benzene rings is 2. The van der Waals surface area contributed by atoms with Crippen LogP contribution in [0.25, 0.3) is 0 Å². The van der Waals surface area contributed by atoms with Crippen LogP contribution in [0.2, 0.25) is 20.1 Å². The Kier molecular flexibility index (Phi) is 9.72. The molecule has 0 aliphatic carbocycles. The third kappa shape index (κ3) is 7.05. The molecule has 0 bridgehead atoms. The van der Waals surface area contributed by atoms with Crippen LogP contribution >= 0.6 is 58.2 Å². The van der Waals surface area contributed by atoms with Gasteiger partial charge in [0.05, 0.1) is 33.1 Å². The molecule has 35 heavy (non-hydrogen) atoms. The monoisotopic (exact) mass is 573 g/mol. The lowest BCUT2D eigenvalue weighted by Crippen LogP contribution is -2.34. The predicted molar refractivity (Wildman–Crippen MR) is 143 cm³/mol. The highest BCUT2D eigenvalue weighted by atomic mass is 35.5. The fourth-order valence-corrected chi connectivity index (χ4v) is 5.02. The Bertz CT molecular complexity index is 1230. The van der Waals surface area contributed by atoms with Crippen LogP contribution < -0.4 is 10.6 Å². The fourth-order valence-electron chi connectivity index (χ4n) is 3.26. The number of nitrogens with zero attached hydrogens (tertiary/aromatic N) is 3. The summed E-state index contributed by atoms with van der Waals surface area (Å²) in [7, 11) is 0. The number of aromatic nitrogens is 3. The molecule has 0 radical (unpaired) electrons. The van der Waals surface area contributed by atoms with E-state index in [1.165, 1.54) is 17.8 Å². The van der Waals surface area contributed by atoms with Crippen molar-refractivity contribution in [3.8, 4) is 0 Å². The van der Waals surface area contributed by atoms with Crippen molar-refractivity contribution >= 4 is 75.7 Å². The number of halogens is 4. The van der Waals surface area contributed by atoms with Gasteiger partial charge in [0.1, 0.15) is 0 Å². The molecule has 0 fully saturated rings. The number of rotatable bonds is 9. The quantitative estimate of drug-likeness (QED) is 0.275. The molecule has 7 nitrogen and oxygen atoms in total. The number of thioether (sulfide) groups is 1. The van der Waals surface area contributed by atoms with Gasteiger partial charge in [-0.15, -0.1) is 10.2 Å². The summed E-state index contributed by atoms with van der Waals surface area (Å²) in [5.74, 6) is 0.0928. The summed E-state index contributed by atoms with van der Waals surface area (Å²) in [4.78, 5) is 25.4. The summed E-state index contributed by atoms with van der Waals surface area (Å²) in [5, 5.41) is 16.5. The number of nitrogens with one attached hydrogen (secondary N) is 2. The molecule has 0 saturated heterocycles. The van der Waals surface area contributed by atoms with Crippen molar-refractivity contribution in [3.63, 3.8) is 0 Å². The molecule has 0 aliphatic rings. The third-order valence-corrected chi connectivity index (χ3v) is 7.07. The Morgan fingerprint density at radius 3 is 2.26 bits per heavy atom. The minimum Gasteiger partial charge on any atom is -0.342 e. The van der Waals surface area contributed by atoms with Gasteiger partial charge in [0.15, 0.2) is 11.0 Å². The first-order chi connectivity index (χ1) is 16.6. The van der Waals surface area contributed by atoms with Gasteiger partial charge in [-0.3, -0.25) is 9.59 Å². The SMILES string of the molecule is CCn1c(SCC(=O)Nc2ccc(Cl)cc2Cl)nnc1[C@H](NC(=O)c1ccc(Cl)cc1Cl)C(C)C. The first kappa shape index (κ1) is 27.6. The molecule has 1 atom stereocenters. The number of hydrogen-bond donors (Lipinski definition) is 2. The molecule has 2 aromatic carbocycles. The fraction of sp³-hybridized carbons (Fsp3) is 0.304. The van der Waals surface area contributed by atoms with Gasteiger partial charge in [-0.25, -0.2) is 0 Å². The molecule has 0 saturated carbocycles. The maximum Gasteiger partial charge on any atom is 0.253 e. The van der Waals surface area contributed by atoms with Gasteiger partial charge in [-0.2, -0.15) is 0 Å². The van der Waals surface area contributed by atoms with E-state index >= 15 is 0 Å². The summed E-state index contributed by atoms with van der Waals surface area (Å²) in [5.41, 5.74) is 0.791. The van der Waals surface area contributed by atoms with Crippen molar-refractivity contribution in [1.29, 1.82) is 0 Å². The second-order valence-electron chi connectivity index (χ2n) is 7.87. The highest BCUT2D eigenvalue weighted by Crippen LogP contribution is 2.28. The molecule has 3 aromatic rings. The summed E-state index contributed by atoms with van der Waals surface area (Å²) in [6.45, 7) is 6.44. The van der Waals surface area contributed by atoms with Gasteiger partial charge >= 0.3 is 0 Å². The molecule has 12 heteroatoms. The standard InChI is InChI=1S/C23H23Cl4N5O2S/c1-4-32-21(20(12(2)3)29-22(34)15-7-5-13(24)9-16(15)26)30-31-23(32)35-11-19(33)28-18-8-6-14(25)10-17(18)27/h5-10,12,20H,4,11H2,1-3H3,(H,28,33)(H,29,34)/t20-/m1/s1. The molecule has 1 heterocycles. The van der Waals surface area contributed by atoms with Crippen molar-refractivity contribution in [3.05, 3.63) is 67.9 Å². The summed E-state index contributed by atoms with van der Waals surface area (Å²) in [6.07, 6.45) is 0. The van der Waals surface area contributed by atoms with E-state index in [1.807, 2.05) is 25.3 Å². The highest BCUT2D eigenvalue weighted by Gasteiger charge is 2.27. The molecule has 0 spiro atoms. The van der Waals surface area contributed by atoms with Gasteiger partial charge in [-0.1, -0.05) is 72.0 Å². The molecule has 186 valence electrons. The number of carbonyl (C=O) groups excluding carboxylic acids is 2. The zero-order valence-electron chi connectivity index (χ0n) is 19.1. The number of anilines is 1. The van der Waals surface area contributed by atoms with Gasteiger partial charge < -0.3 is 15.2 Å². The van der Waals surface area contributed by atoms with Crippen LogP contribution in [0.3, 0.4) is 0 Å². The first-order valence-corrected chi connectivity index (χ1v) is 13.2. The Labute approximate surface area is 227 Å². The minimum absolute atomic E-state index is 0.00715. The van der Waals surface area contributed by atoms with E-state index in [4.69, 9.17) is 46.4 Å². The van der Waals surface area contributed by atoms with E-state index in [9.17, 15) is 9.59 Å². The summed E-state index contributed by atoms with van der Waals surface area (Å²) >= 11 is 25.4. The summed E-state index contributed by atoms with van der Waals surface area (Å²) in [6, 6.07) is 9.12. The average molecular weight is 575 g/mol. The average Bonchev–Trinajstić information content (AvgIpc) is 3.20. The molecule has 2 N–H and O–H groups in total. The lowest BCUT2D eigenvalue weighted by atomic mass is 10.0. The molecular formula is C23H23Cl4N5O2S. The van der Waals surface area contributed by atoms with E-state index in [2.05, 4.69) is 20.8 Å². The smallest absolute Gasteiger partial charge is 0.253 e. The maximum absolute atomic E-state index is 12.9. The predicted octanol–water partition coefficient (Wildman–Crippen LogP) is 6.77. The van der Waals surface area contributed by atoms with Crippen molar-refractivity contribution in [2.45, 2.75) is 38.5 Å². The van der Waals surface area contributed by atoms with E-state index in [0.717, 1.165) is 0 Å². The second kappa shape index (κ2) is 12.3. The van der Waals surface area contributed by atoms with Crippen LogP contribution in [0.5, 0.6) is 0 Å². The number of hydrogen-bond acceptors (Lipinski definition) is 5. The zero-order chi connectivity index (χ0) is 25.7. The molecule has 1 aromatic heterocycles. The normalized spacial score (nSPS) is 12.0. The molecule has 2 amide bonds. The maximum atomic E-state index is 12.9. The molecule has 0 unspecified atom stereocenters. The topological polar surface area (TPSA) is 88.9 Å². The van der Waals surface area contributed by atoms with Crippen molar-refractivity contribution in [2.24, 2.45) is 5.92 Å². The lowest BCUT2D eigenvalue weighted by Gasteiger charge is -2.22. The van der Waals surface area contributed by atoms with Gasteiger partial charge in [0.2, 0.25) is 5.91 Å². The zero-order valence-corrected chi connectivity index (χ0v) is 23.0. The Balaban J connectivity index is 1.73. The van der Waals surface area contributed by atoms with Crippen LogP contribution in [0.15, 0.2) is 41.6 Å². The van der Waals surface area contributed by atoms with Crippen LogP contribution in [-0.4, -0.2) is 32.3 Å². The molecule has 0 aliphatic heterocycles. The largest absolute Gasteiger partial charge is 0.342 e. The lowest BCUT2D eigenvalue weighted by molar-refractivity contribution is -0.113. The van der Waals surface area contributed by atoms with Gasteiger partial charge in [0, 0.05) is 16.6 Å². The van der Waals surface area contributed by atoms with E-state index in [0.29, 0.717) is 43.8 Å². The Morgan fingerprint density at radius 1 is 1.00 bits per heavy atom. The van der Waals surface area contributed by atoms with Crippen LogP contribution in [0.1, 0.15) is 43.0 Å². The summed E-state index contributed by atoms with van der Waals surface area (Å²) < 4.78 is 1.88. The number of carbonyl (C=O) groups is 2. The van der Waals surface area contributed by atoms with Crippen molar-refractivity contribution in [1.82, 2.24) is 20.1 Å². The van der Waals surface area contributed by atoms with Crippen LogP contribution in [-0.2, 0) is 11.3 Å². The first-order valence-electron chi connectivity index (χ1n) is 10.7. The third-order valence-electron chi connectivity index (χ3n) is 5.01. The van der Waals surface area contributed by atoms with E-state index in [-0.39, 0.29) is 28.5 Å². The van der Waals surface area contributed by atoms with Crippen molar-refractivity contribution < 1.29 is 9.59 Å². The van der Waals surface area contributed by atoms with E-state index in [1.54, 1.807) is 30.3 Å². The van der Waals surface area contributed by atoms with Crippen molar-refractivity contribution in [2.75, 3.05) is 11.1 Å². The van der Waals surface area contributed by atoms with Gasteiger partial charge in [0.25, 0.3) is 5.91 Å². The number of amides is 2. The molecular weight excluding hydrogens is 552 g/mol. The van der Waals surface area contributed by atoms with Crippen LogP contribution in [0.4, 0.5) is 5.69 Å². The Morgan fingerprint density at radius 2 is 1.66 bits per heavy atom. The molecule has 3 rings (SSSR count). The minimum atomic E-state index is -0.433.